The van der Waals surface area contributed by atoms with Crippen LogP contribution in [0.2, 0.25) is 0 Å². The smallest absolute Gasteiger partial charge is 0.258 e. The fourth-order valence-corrected chi connectivity index (χ4v) is 2.33. The lowest BCUT2D eigenvalue weighted by Gasteiger charge is -2.23. The second-order valence-corrected chi connectivity index (χ2v) is 5.32. The van der Waals surface area contributed by atoms with Crippen molar-refractivity contribution in [3.8, 4) is 5.75 Å². The lowest BCUT2D eigenvalue weighted by atomic mass is 10.1. The van der Waals surface area contributed by atoms with Crippen molar-refractivity contribution in [2.75, 3.05) is 13.2 Å². The van der Waals surface area contributed by atoms with E-state index in [0.717, 1.165) is 0 Å². The Balaban J connectivity index is 1.78. The third kappa shape index (κ3) is 4.19. The van der Waals surface area contributed by atoms with E-state index in [9.17, 15) is 14.0 Å². The van der Waals surface area contributed by atoms with Gasteiger partial charge in [-0.25, -0.2) is 4.39 Å². The predicted octanol–water partition coefficient (Wildman–Crippen LogP) is 1.36. The number of hydrogen-bond acceptors (Lipinski definition) is 3. The number of halogens is 2. The number of amides is 2. The Labute approximate surface area is 124 Å². The van der Waals surface area contributed by atoms with Crippen molar-refractivity contribution in [1.29, 1.82) is 0 Å². The molecule has 1 aromatic carbocycles. The molecule has 1 heterocycles. The molecule has 0 bridgehead atoms. The molecule has 1 aromatic rings. The Morgan fingerprint density at radius 2 is 2.35 bits per heavy atom. The monoisotopic (exact) mass is 344 g/mol. The van der Waals surface area contributed by atoms with Crippen LogP contribution in [-0.2, 0) is 9.59 Å². The third-order valence-electron chi connectivity index (χ3n) is 2.88. The molecule has 1 saturated heterocycles. The zero-order chi connectivity index (χ0) is 14.5. The van der Waals surface area contributed by atoms with Crippen LogP contribution in [0.1, 0.15) is 12.8 Å². The minimum Gasteiger partial charge on any atom is -0.483 e. The van der Waals surface area contributed by atoms with E-state index >= 15 is 0 Å². The van der Waals surface area contributed by atoms with Crippen LogP contribution >= 0.6 is 15.9 Å². The number of nitrogens with one attached hydrogen (secondary N) is 2. The van der Waals surface area contributed by atoms with Gasteiger partial charge in [0.1, 0.15) is 11.6 Å². The first-order valence-corrected chi connectivity index (χ1v) is 6.98. The summed E-state index contributed by atoms with van der Waals surface area (Å²) in [4.78, 5) is 22.7. The van der Waals surface area contributed by atoms with E-state index < -0.39 is 0 Å². The summed E-state index contributed by atoms with van der Waals surface area (Å²) in [7, 11) is 0. The number of hydrogen-bond donors (Lipinski definition) is 2. The van der Waals surface area contributed by atoms with Crippen LogP contribution in [0.25, 0.3) is 0 Å². The van der Waals surface area contributed by atoms with Gasteiger partial charge in [0.05, 0.1) is 4.47 Å². The average molecular weight is 345 g/mol. The third-order valence-corrected chi connectivity index (χ3v) is 3.50. The number of carbonyl (C=O) groups excluding carboxylic acids is 2. The topological polar surface area (TPSA) is 67.4 Å². The van der Waals surface area contributed by atoms with Crippen LogP contribution < -0.4 is 15.4 Å². The van der Waals surface area contributed by atoms with Gasteiger partial charge in [-0.05, 0) is 40.5 Å². The summed E-state index contributed by atoms with van der Waals surface area (Å²) in [5.41, 5.74) is 0. The van der Waals surface area contributed by atoms with Crippen molar-refractivity contribution in [1.82, 2.24) is 10.6 Å². The second-order valence-electron chi connectivity index (χ2n) is 4.47. The molecule has 2 rings (SSSR count). The molecule has 20 heavy (non-hydrogen) atoms. The maximum atomic E-state index is 12.9. The minimum atomic E-state index is -0.383. The van der Waals surface area contributed by atoms with E-state index in [-0.39, 0.29) is 30.3 Å². The van der Waals surface area contributed by atoms with Gasteiger partial charge in [-0.1, -0.05) is 0 Å². The molecular weight excluding hydrogens is 331 g/mol. The Morgan fingerprint density at radius 1 is 1.55 bits per heavy atom. The van der Waals surface area contributed by atoms with Crippen LogP contribution in [-0.4, -0.2) is 31.0 Å². The molecule has 7 heteroatoms. The summed E-state index contributed by atoms with van der Waals surface area (Å²) in [6, 6.07) is 3.91. The lowest BCUT2D eigenvalue weighted by Crippen LogP contribution is -2.48. The molecule has 0 spiro atoms. The summed E-state index contributed by atoms with van der Waals surface area (Å²) < 4.78 is 18.6. The van der Waals surface area contributed by atoms with Crippen molar-refractivity contribution in [3.63, 3.8) is 0 Å². The Morgan fingerprint density at radius 3 is 3.00 bits per heavy atom. The van der Waals surface area contributed by atoms with E-state index in [2.05, 4.69) is 26.6 Å². The average Bonchev–Trinajstić information content (AvgIpc) is 2.40. The van der Waals surface area contributed by atoms with Crippen molar-refractivity contribution in [3.05, 3.63) is 28.5 Å². The highest BCUT2D eigenvalue weighted by Crippen LogP contribution is 2.25. The van der Waals surface area contributed by atoms with E-state index in [1.807, 2.05) is 0 Å². The molecule has 1 unspecified atom stereocenters. The van der Waals surface area contributed by atoms with Crippen LogP contribution in [0, 0.1) is 5.82 Å². The maximum Gasteiger partial charge on any atom is 0.258 e. The molecule has 0 aliphatic carbocycles. The highest BCUT2D eigenvalue weighted by atomic mass is 79.9. The van der Waals surface area contributed by atoms with Gasteiger partial charge in [-0.2, -0.15) is 0 Å². The first-order valence-electron chi connectivity index (χ1n) is 6.18. The molecule has 1 aliphatic heterocycles. The van der Waals surface area contributed by atoms with Gasteiger partial charge in [-0.15, -0.1) is 0 Å². The van der Waals surface area contributed by atoms with Gasteiger partial charge in [0.25, 0.3) is 5.91 Å². The number of carbonyl (C=O) groups is 2. The molecule has 1 fully saturated rings. The number of benzene rings is 1. The number of ether oxygens (including phenoxy) is 1. The van der Waals surface area contributed by atoms with Gasteiger partial charge >= 0.3 is 0 Å². The molecule has 1 atom stereocenters. The van der Waals surface area contributed by atoms with E-state index in [0.29, 0.717) is 29.6 Å². The standard InChI is InChI=1S/C13H14BrFN2O3/c14-10-5-8(15)1-3-11(10)20-7-13(19)17-9-2-4-12(18)16-6-9/h1,3,5,9H,2,4,6-7H2,(H,16,18)(H,17,19). The minimum absolute atomic E-state index is 0.00184. The quantitative estimate of drug-likeness (QED) is 0.866. The zero-order valence-corrected chi connectivity index (χ0v) is 12.2. The van der Waals surface area contributed by atoms with Crippen LogP contribution in [0.5, 0.6) is 5.75 Å². The molecule has 0 aromatic heterocycles. The summed E-state index contributed by atoms with van der Waals surface area (Å²) >= 11 is 3.16. The fraction of sp³-hybridized carbons (Fsp3) is 0.385. The highest BCUT2D eigenvalue weighted by Gasteiger charge is 2.19. The first kappa shape index (κ1) is 14.8. The molecule has 2 amide bonds. The van der Waals surface area contributed by atoms with Crippen LogP contribution in [0.4, 0.5) is 4.39 Å². The number of rotatable bonds is 4. The Kier molecular flexibility index (Phi) is 4.94. The molecule has 2 N–H and O–H groups in total. The van der Waals surface area contributed by atoms with E-state index in [1.165, 1.54) is 18.2 Å². The van der Waals surface area contributed by atoms with Crippen LogP contribution in [0.3, 0.4) is 0 Å². The molecule has 0 saturated carbocycles. The van der Waals surface area contributed by atoms with Crippen molar-refractivity contribution in [2.45, 2.75) is 18.9 Å². The molecular formula is C13H14BrFN2O3. The highest BCUT2D eigenvalue weighted by molar-refractivity contribution is 9.10. The fourth-order valence-electron chi connectivity index (χ4n) is 1.86. The first-order chi connectivity index (χ1) is 9.54. The van der Waals surface area contributed by atoms with Crippen LogP contribution in [0.15, 0.2) is 22.7 Å². The van der Waals surface area contributed by atoms with Gasteiger partial charge in [-0.3, -0.25) is 9.59 Å². The normalized spacial score (nSPS) is 18.3. The zero-order valence-electron chi connectivity index (χ0n) is 10.6. The Bertz CT molecular complexity index is 514. The number of piperidine rings is 1. The second kappa shape index (κ2) is 6.69. The van der Waals surface area contributed by atoms with Gasteiger partial charge in [0.15, 0.2) is 6.61 Å². The van der Waals surface area contributed by atoms with Gasteiger partial charge in [0.2, 0.25) is 5.91 Å². The maximum absolute atomic E-state index is 12.9. The molecule has 5 nitrogen and oxygen atoms in total. The van der Waals surface area contributed by atoms with Crippen molar-refractivity contribution >= 4 is 27.7 Å². The molecule has 1 aliphatic rings. The van der Waals surface area contributed by atoms with E-state index in [1.54, 1.807) is 0 Å². The molecule has 0 radical (unpaired) electrons. The van der Waals surface area contributed by atoms with Crippen molar-refractivity contribution in [2.24, 2.45) is 0 Å². The van der Waals surface area contributed by atoms with Gasteiger partial charge < -0.3 is 15.4 Å². The summed E-state index contributed by atoms with van der Waals surface area (Å²) in [5.74, 6) is -0.255. The Hall–Kier alpha value is -1.63. The van der Waals surface area contributed by atoms with E-state index in [4.69, 9.17) is 4.74 Å². The summed E-state index contributed by atoms with van der Waals surface area (Å²) in [6.07, 6.45) is 1.03. The summed E-state index contributed by atoms with van der Waals surface area (Å²) in [6.45, 7) is 0.277. The largest absolute Gasteiger partial charge is 0.483 e. The van der Waals surface area contributed by atoms with Crippen molar-refractivity contribution < 1.29 is 18.7 Å². The lowest BCUT2D eigenvalue weighted by molar-refractivity contribution is -0.126. The predicted molar refractivity (Wildman–Crippen MR) is 73.8 cm³/mol. The molecule has 108 valence electrons. The summed E-state index contributed by atoms with van der Waals surface area (Å²) in [5, 5.41) is 5.46. The van der Waals surface area contributed by atoms with Gasteiger partial charge in [0, 0.05) is 19.0 Å². The SMILES string of the molecule is O=C1CCC(NC(=O)COc2ccc(F)cc2Br)CN1.